The summed E-state index contributed by atoms with van der Waals surface area (Å²) in [5.41, 5.74) is 23.3. The van der Waals surface area contributed by atoms with Crippen LogP contribution in [0.2, 0.25) is 0 Å². The Hall–Kier alpha value is -14.2. The molecule has 6 aliphatic heterocycles. The van der Waals surface area contributed by atoms with Crippen molar-refractivity contribution in [3.05, 3.63) is 270 Å². The molecule has 0 aliphatic carbocycles. The van der Waals surface area contributed by atoms with E-state index in [1.807, 2.05) is 0 Å². The van der Waals surface area contributed by atoms with Gasteiger partial charge in [0, 0.05) is 143 Å². The number of fused-ring (bicyclic) bond motifs is 12. The Bertz CT molecular complexity index is 5330. The third-order valence-electron chi connectivity index (χ3n) is 19.4. The van der Waals surface area contributed by atoms with Crippen molar-refractivity contribution < 1.29 is 54.9 Å². The zero-order chi connectivity index (χ0) is 75.1. The second kappa shape index (κ2) is 26.5. The number of nitrogens with zero attached hydrogens (tertiary/aromatic N) is 15. The summed E-state index contributed by atoms with van der Waals surface area (Å²) in [6, 6.07) is 39.0. The number of rotatable bonds is 6. The van der Waals surface area contributed by atoms with E-state index in [1.165, 1.54) is 88.7 Å². The van der Waals surface area contributed by atoms with Gasteiger partial charge < -0.3 is 31.4 Å². The molecule has 0 fully saturated rings. The fraction of sp³-hybridized carbons (Fsp3) is 0.115. The van der Waals surface area contributed by atoms with Crippen LogP contribution in [0.15, 0.2) is 216 Å². The quantitative estimate of drug-likeness (QED) is 0.103. The number of halogens is 6. The molecule has 3 aromatic carbocycles. The van der Waals surface area contributed by atoms with Gasteiger partial charge in [-0.1, -0.05) is 18.2 Å². The van der Waals surface area contributed by atoms with Gasteiger partial charge in [0.25, 0.3) is 0 Å². The van der Waals surface area contributed by atoms with Crippen LogP contribution in [-0.2, 0) is 31.0 Å². The van der Waals surface area contributed by atoms with Crippen LogP contribution < -0.4 is 31.4 Å². The Kier molecular flexibility index (Phi) is 16.7. The molecule has 18 rings (SSSR count). The predicted octanol–water partition coefficient (Wildman–Crippen LogP) is 12.0. The summed E-state index contributed by atoms with van der Waals surface area (Å²) in [4.78, 5) is 92.8. The van der Waals surface area contributed by atoms with Crippen molar-refractivity contribution in [3.8, 4) is 102 Å². The van der Waals surface area contributed by atoms with Gasteiger partial charge in [-0.05, 0) is 126 Å². The number of ether oxygens (including phenoxy) is 3. The van der Waals surface area contributed by atoms with Crippen molar-refractivity contribution in [1.82, 2.24) is 59.6 Å². The number of amides is 3. The molecule has 0 saturated heterocycles. The summed E-state index contributed by atoms with van der Waals surface area (Å²) >= 11 is 0. The van der Waals surface area contributed by atoms with Gasteiger partial charge >= 0.3 is 0 Å². The van der Waals surface area contributed by atoms with Gasteiger partial charge in [0.15, 0.2) is 35.1 Å². The average molecular weight is 1450 g/mol. The van der Waals surface area contributed by atoms with Crippen molar-refractivity contribution in [3.63, 3.8) is 0 Å². The highest BCUT2D eigenvalue weighted by molar-refractivity contribution is 6.02. The minimum absolute atomic E-state index is 0.0244. The maximum Gasteiger partial charge on any atom is 0.232 e. The molecule has 0 bridgehead atoms. The molecular formula is C78H54F6N18O6. The molecule has 9 aromatic heterocycles. The van der Waals surface area contributed by atoms with Crippen LogP contribution in [-0.4, -0.2) is 116 Å². The Labute approximate surface area is 608 Å². The smallest absolute Gasteiger partial charge is 0.232 e. The number of carbonyl (C=O) groups is 3. The molecule has 15 heterocycles. The summed E-state index contributed by atoms with van der Waals surface area (Å²) in [7, 11) is 4.65. The van der Waals surface area contributed by atoms with Crippen molar-refractivity contribution in [1.29, 1.82) is 0 Å². The minimum atomic E-state index is -1.27. The van der Waals surface area contributed by atoms with E-state index in [0.717, 1.165) is 0 Å². The summed E-state index contributed by atoms with van der Waals surface area (Å²) in [6.45, 7) is 0. The van der Waals surface area contributed by atoms with Gasteiger partial charge in [0.2, 0.25) is 53.4 Å². The van der Waals surface area contributed by atoms with Gasteiger partial charge in [-0.25, -0.2) is 44.9 Å². The topological polar surface area (TPSA) is 320 Å². The first-order chi connectivity index (χ1) is 52.1. The highest BCUT2D eigenvalue weighted by Crippen LogP contribution is 2.57. The molecule has 1 unspecified atom stereocenters. The highest BCUT2D eigenvalue weighted by atomic mass is 19.2. The molecule has 0 saturated carbocycles. The fourth-order valence-electron chi connectivity index (χ4n) is 13.9. The van der Waals surface area contributed by atoms with E-state index < -0.39 is 52.3 Å². The van der Waals surface area contributed by atoms with E-state index in [0.29, 0.717) is 135 Å². The molecule has 12 aromatic rings. The normalized spacial score (nSPS) is 18.4. The first-order valence-corrected chi connectivity index (χ1v) is 33.1. The molecule has 0 radical (unpaired) electrons. The van der Waals surface area contributed by atoms with Crippen LogP contribution in [0.25, 0.3) is 67.2 Å². The molecular weight excluding hydrogens is 1400 g/mol. The number of nitrogens with two attached hydrogens (primary N) is 3. The molecule has 108 heavy (non-hydrogen) atoms. The van der Waals surface area contributed by atoms with Gasteiger partial charge in [0.05, 0.1) is 54.9 Å². The van der Waals surface area contributed by atoms with Gasteiger partial charge in [-0.3, -0.25) is 44.0 Å². The Balaban J connectivity index is 0.000000124. The van der Waals surface area contributed by atoms with Crippen molar-refractivity contribution in [2.24, 2.45) is 32.2 Å². The maximum atomic E-state index is 14.5. The number of carbonyl (C=O) groups excluding carboxylic acids is 3. The number of hydrogen-bond donors (Lipinski definition) is 3. The standard InChI is InChI=1S/3C26H18F2N6O2/c3*1-34-23(35)12-26(33-25(34)29)17-9-14(16-3-2-7-31-24(16)28)4-5-20(17)36-21-13-32-19(11-18(21)26)15-6-8-30-22(27)10-15/h3*2-11,13H,12H2,1H3,(H2,29,33)/t2*26-;/m10./s1. The third-order valence-corrected chi connectivity index (χ3v) is 19.4. The number of aromatic nitrogens is 9. The average Bonchev–Trinajstić information content (AvgIpc) is 0.726. The molecule has 30 heteroatoms. The fourth-order valence-corrected chi connectivity index (χ4v) is 13.9. The summed E-state index contributed by atoms with van der Waals surface area (Å²) in [5, 5.41) is 0. The monoisotopic (exact) mass is 1450 g/mol. The molecule has 6 N–H and O–H groups in total. The Morgan fingerprint density at radius 1 is 0.324 bits per heavy atom. The van der Waals surface area contributed by atoms with Crippen LogP contribution in [0.1, 0.15) is 52.6 Å². The molecule has 3 amide bonds. The van der Waals surface area contributed by atoms with E-state index >= 15 is 0 Å². The summed E-state index contributed by atoms with van der Waals surface area (Å²) < 4.78 is 104. The van der Waals surface area contributed by atoms with Gasteiger partial charge in [0.1, 0.15) is 33.9 Å². The van der Waals surface area contributed by atoms with Crippen LogP contribution in [0.3, 0.4) is 0 Å². The predicted molar refractivity (Wildman–Crippen MR) is 381 cm³/mol. The van der Waals surface area contributed by atoms with E-state index in [1.54, 1.807) is 149 Å². The number of guanidine groups is 3. The van der Waals surface area contributed by atoms with E-state index in [-0.39, 0.29) is 54.9 Å². The van der Waals surface area contributed by atoms with Crippen LogP contribution in [0, 0.1) is 35.7 Å². The van der Waals surface area contributed by atoms with Crippen LogP contribution >= 0.6 is 0 Å². The third kappa shape index (κ3) is 11.8. The lowest BCUT2D eigenvalue weighted by Gasteiger charge is -2.41. The van der Waals surface area contributed by atoms with Crippen LogP contribution in [0.5, 0.6) is 34.5 Å². The highest BCUT2D eigenvalue weighted by Gasteiger charge is 2.52. The molecule has 6 aliphatic rings. The van der Waals surface area contributed by atoms with Crippen molar-refractivity contribution >= 4 is 35.6 Å². The number of benzene rings is 3. The molecule has 3 atom stereocenters. The second-order valence-electron chi connectivity index (χ2n) is 25.6. The number of aliphatic imine (C=N–C) groups is 3. The Morgan fingerprint density at radius 2 is 0.602 bits per heavy atom. The number of pyridine rings is 9. The maximum absolute atomic E-state index is 14.5. The zero-order valence-corrected chi connectivity index (χ0v) is 56.8. The SMILES string of the molecule is CN1C(=O)CC2(N=C1N)c1cc(-c3cccnc3F)ccc1Oc1cnc(-c3ccnc(F)c3)cc12.CN1C(=O)C[C@@]2(N=C1N)c1cc(-c3cccnc3F)ccc1Oc1cnc(-c3ccnc(F)c3)cc12.CN1C(=O)C[C@]2(N=C1N)c1cc(-c3cccnc3F)ccc1Oc1cnc(-c3ccnc(F)c3)cc12. The van der Waals surface area contributed by atoms with Gasteiger partial charge in [-0.2, -0.15) is 26.3 Å². The van der Waals surface area contributed by atoms with E-state index in [2.05, 4.69) is 44.9 Å². The summed E-state index contributed by atoms with van der Waals surface area (Å²) in [6.07, 6.45) is 12.5. The first-order valence-electron chi connectivity index (χ1n) is 33.1. The molecule has 3 spiro atoms. The van der Waals surface area contributed by atoms with Gasteiger partial charge in [-0.15, -0.1) is 0 Å². The molecule has 534 valence electrons. The lowest BCUT2D eigenvalue weighted by atomic mass is 9.76. The number of hydrogen-bond acceptors (Lipinski definition) is 21. The van der Waals surface area contributed by atoms with E-state index in [4.69, 9.17) is 46.4 Å². The zero-order valence-electron chi connectivity index (χ0n) is 56.8. The van der Waals surface area contributed by atoms with Crippen molar-refractivity contribution in [2.45, 2.75) is 35.9 Å². The van der Waals surface area contributed by atoms with E-state index in [9.17, 15) is 40.7 Å². The largest absolute Gasteiger partial charge is 0.455 e. The van der Waals surface area contributed by atoms with Crippen molar-refractivity contribution in [2.75, 3.05) is 21.1 Å². The lowest BCUT2D eigenvalue weighted by molar-refractivity contribution is -0.129. The first kappa shape index (κ1) is 68.2. The Morgan fingerprint density at radius 3 is 0.861 bits per heavy atom. The van der Waals surface area contributed by atoms with Crippen LogP contribution in [0.4, 0.5) is 26.3 Å². The molecule has 24 nitrogen and oxygen atoms in total. The minimum Gasteiger partial charge on any atom is -0.455 e. The second-order valence-corrected chi connectivity index (χ2v) is 25.6. The lowest BCUT2D eigenvalue weighted by Crippen LogP contribution is -2.49. The summed E-state index contributed by atoms with van der Waals surface area (Å²) in [5.74, 6) is -2.06.